The quantitative estimate of drug-likeness (QED) is 0.345. The summed E-state index contributed by atoms with van der Waals surface area (Å²) < 4.78 is 97.3. The van der Waals surface area contributed by atoms with Crippen molar-refractivity contribution in [2.75, 3.05) is 13.1 Å². The van der Waals surface area contributed by atoms with E-state index in [0.717, 1.165) is 4.31 Å². The van der Waals surface area contributed by atoms with Crippen molar-refractivity contribution in [2.45, 2.75) is 55.1 Å². The number of carboxylic acids is 1. The van der Waals surface area contributed by atoms with E-state index in [1.165, 1.54) is 37.7 Å². The van der Waals surface area contributed by atoms with Crippen molar-refractivity contribution in [3.63, 3.8) is 0 Å². The summed E-state index contributed by atoms with van der Waals surface area (Å²) in [6, 6.07) is 2.39. The molecule has 2 N–H and O–H groups in total. The van der Waals surface area contributed by atoms with E-state index in [9.17, 15) is 39.9 Å². The van der Waals surface area contributed by atoms with Gasteiger partial charge in [0, 0.05) is 31.1 Å². The van der Waals surface area contributed by atoms with Gasteiger partial charge in [0.2, 0.25) is 25.1 Å². The lowest BCUT2D eigenvalue weighted by Gasteiger charge is -2.30. The maximum Gasteiger partial charge on any atom is 0.445 e. The third-order valence-electron chi connectivity index (χ3n) is 7.20. The lowest BCUT2D eigenvalue weighted by molar-refractivity contribution is -0.138. The molecule has 3 heterocycles. The molecule has 1 aliphatic carbocycles. The molecule has 1 aromatic carbocycles. The van der Waals surface area contributed by atoms with Gasteiger partial charge in [-0.25, -0.2) is 28.2 Å². The van der Waals surface area contributed by atoms with Gasteiger partial charge in [0.15, 0.2) is 5.01 Å². The summed E-state index contributed by atoms with van der Waals surface area (Å²) >= 11 is 0.203. The maximum absolute atomic E-state index is 13.5. The van der Waals surface area contributed by atoms with E-state index in [1.54, 1.807) is 0 Å². The fourth-order valence-electron chi connectivity index (χ4n) is 4.78. The van der Waals surface area contributed by atoms with Crippen molar-refractivity contribution in [1.82, 2.24) is 29.0 Å². The van der Waals surface area contributed by atoms with Gasteiger partial charge in [0.1, 0.15) is 5.69 Å². The maximum atomic E-state index is 13.5. The number of carbonyl (C=O) groups is 1. The zero-order valence-corrected chi connectivity index (χ0v) is 25.2. The highest BCUT2D eigenvalue weighted by Crippen LogP contribution is 2.42. The highest BCUT2D eigenvalue weighted by molar-refractivity contribution is 7.90. The number of halogens is 3. The van der Waals surface area contributed by atoms with E-state index in [1.807, 2.05) is 0 Å². The van der Waals surface area contributed by atoms with Crippen LogP contribution in [0.1, 0.15) is 43.7 Å². The van der Waals surface area contributed by atoms with Crippen molar-refractivity contribution in [3.05, 3.63) is 39.7 Å². The van der Waals surface area contributed by atoms with E-state index in [-0.39, 0.29) is 80.4 Å². The molecule has 2 aliphatic rings. The third-order valence-corrected chi connectivity index (χ3v) is 11.9. The lowest BCUT2D eigenvalue weighted by Crippen LogP contribution is -2.42. The molecule has 0 amide bonds. The van der Waals surface area contributed by atoms with Gasteiger partial charge in [-0.3, -0.25) is 9.53 Å². The third kappa shape index (κ3) is 5.53. The molecule has 13 nitrogen and oxygen atoms in total. The molecule has 1 saturated carbocycles. The van der Waals surface area contributed by atoms with E-state index in [2.05, 4.69) is 24.9 Å². The Morgan fingerprint density at radius 3 is 2.42 bits per heavy atom. The second-order valence-corrected chi connectivity index (χ2v) is 15.6. The van der Waals surface area contributed by atoms with Gasteiger partial charge in [-0.1, -0.05) is 11.3 Å². The number of benzene rings is 1. The zero-order valence-electron chi connectivity index (χ0n) is 22.8. The Kier molecular flexibility index (Phi) is 7.45. The number of rotatable bonds is 8. The average molecular weight is 660 g/mol. The minimum absolute atomic E-state index is 0.0485. The van der Waals surface area contributed by atoms with Crippen molar-refractivity contribution in [1.29, 1.82) is 0 Å². The SMILES string of the molecule is [C-]#[N+]C1(NS(=O)(=O)c2cc(C3=C(C(=O)O)CN(S(=O)(=O)C(C)C)CC3)c3c(c2)c(-c2nnc(C(F)(F)F)s2)nn3C)CC1. The average Bonchev–Trinajstić information content (AvgIpc) is 3.34. The molecule has 0 radical (unpaired) electrons. The smallest absolute Gasteiger partial charge is 0.445 e. The summed E-state index contributed by atoms with van der Waals surface area (Å²) in [5, 5.41) is 19.0. The Morgan fingerprint density at radius 1 is 1.21 bits per heavy atom. The molecule has 0 atom stereocenters. The zero-order chi connectivity index (χ0) is 31.7. The summed E-state index contributed by atoms with van der Waals surface area (Å²) in [5.41, 5.74) is -1.32. The largest absolute Gasteiger partial charge is 0.478 e. The highest BCUT2D eigenvalue weighted by atomic mass is 32.2. The normalized spacial score (nSPS) is 17.9. The van der Waals surface area contributed by atoms with Gasteiger partial charge < -0.3 is 5.11 Å². The van der Waals surface area contributed by atoms with Crippen molar-refractivity contribution >= 4 is 53.8 Å². The van der Waals surface area contributed by atoms with E-state index in [4.69, 9.17) is 6.57 Å². The summed E-state index contributed by atoms with van der Waals surface area (Å²) in [5.74, 6) is -1.43. The van der Waals surface area contributed by atoms with Crippen molar-refractivity contribution in [3.8, 4) is 10.7 Å². The Balaban J connectivity index is 1.77. The first kappa shape index (κ1) is 31.0. The summed E-state index contributed by atoms with van der Waals surface area (Å²) in [7, 11) is -6.78. The second-order valence-electron chi connectivity index (χ2n) is 10.4. The van der Waals surface area contributed by atoms with Crippen LogP contribution in [0.3, 0.4) is 0 Å². The minimum Gasteiger partial charge on any atom is -0.478 e. The Morgan fingerprint density at radius 2 is 1.88 bits per heavy atom. The number of aryl methyl sites for hydroxylation is 1. The van der Waals surface area contributed by atoms with E-state index >= 15 is 0 Å². The Hall–Kier alpha value is -3.44. The van der Waals surface area contributed by atoms with Crippen LogP contribution in [0.5, 0.6) is 0 Å². The van der Waals surface area contributed by atoms with Crippen LogP contribution in [0.4, 0.5) is 13.2 Å². The predicted octanol–water partition coefficient (Wildman–Crippen LogP) is 3.08. The molecular weight excluding hydrogens is 636 g/mol. The number of alkyl halides is 3. The molecule has 0 bridgehead atoms. The molecule has 3 aromatic rings. The number of hydrogen-bond acceptors (Lipinski definition) is 9. The first-order chi connectivity index (χ1) is 19.9. The molecular formula is C24H24F3N7O6S3. The number of fused-ring (bicyclic) bond motifs is 1. The summed E-state index contributed by atoms with van der Waals surface area (Å²) in [4.78, 5) is 15.4. The molecule has 43 heavy (non-hydrogen) atoms. The summed E-state index contributed by atoms with van der Waals surface area (Å²) in [6.07, 6.45) is -4.33. The van der Waals surface area contributed by atoms with Crippen LogP contribution in [0.15, 0.2) is 22.6 Å². The molecule has 5 rings (SSSR count). The first-order valence-electron chi connectivity index (χ1n) is 12.7. The fourth-order valence-corrected chi connectivity index (χ4v) is 8.15. The van der Waals surface area contributed by atoms with Crippen LogP contribution in [0, 0.1) is 6.57 Å². The first-order valence-corrected chi connectivity index (χ1v) is 16.5. The van der Waals surface area contributed by atoms with Gasteiger partial charge in [0.25, 0.3) is 5.66 Å². The number of carboxylic acid groups (broad SMARTS) is 1. The van der Waals surface area contributed by atoms with Gasteiger partial charge in [-0.05, 0) is 38.0 Å². The van der Waals surface area contributed by atoms with Crippen LogP contribution in [0.2, 0.25) is 0 Å². The molecule has 0 unspecified atom stereocenters. The Bertz CT molecular complexity index is 1950. The van der Waals surface area contributed by atoms with Gasteiger partial charge in [0.05, 0.1) is 34.1 Å². The topological polar surface area (TPSA) is 169 Å². The van der Waals surface area contributed by atoms with Crippen LogP contribution >= 0.6 is 11.3 Å². The van der Waals surface area contributed by atoms with Crippen molar-refractivity contribution in [2.24, 2.45) is 7.05 Å². The number of aliphatic carboxylic acids is 1. The predicted molar refractivity (Wildman–Crippen MR) is 148 cm³/mol. The monoisotopic (exact) mass is 659 g/mol. The molecule has 1 aliphatic heterocycles. The van der Waals surface area contributed by atoms with Crippen LogP contribution < -0.4 is 4.72 Å². The number of nitrogens with one attached hydrogen (secondary N) is 1. The van der Waals surface area contributed by atoms with Gasteiger partial charge in [-0.2, -0.15) is 22.6 Å². The second kappa shape index (κ2) is 10.3. The van der Waals surface area contributed by atoms with Crippen LogP contribution in [-0.4, -0.2) is 76.2 Å². The van der Waals surface area contributed by atoms with E-state index in [0.29, 0.717) is 0 Å². The number of nitrogens with zero attached hydrogens (tertiary/aromatic N) is 6. The van der Waals surface area contributed by atoms with Crippen molar-refractivity contribution < 1.29 is 39.9 Å². The molecule has 0 saturated heterocycles. The Labute approximate surface area is 247 Å². The highest BCUT2D eigenvalue weighted by Gasteiger charge is 2.54. The van der Waals surface area contributed by atoms with E-state index < -0.39 is 54.7 Å². The molecule has 1 fully saturated rings. The molecule has 0 spiro atoms. The fraction of sp³-hybridized carbons (Fsp3) is 0.458. The van der Waals surface area contributed by atoms with Crippen LogP contribution in [0.25, 0.3) is 32.0 Å². The number of aromatic nitrogens is 4. The lowest BCUT2D eigenvalue weighted by atomic mass is 9.92. The van der Waals surface area contributed by atoms with Gasteiger partial charge in [-0.15, -0.1) is 14.9 Å². The molecule has 2 aromatic heterocycles. The summed E-state index contributed by atoms with van der Waals surface area (Å²) in [6.45, 7) is 9.71. The van der Waals surface area contributed by atoms with Gasteiger partial charge >= 0.3 is 12.1 Å². The molecule has 19 heteroatoms. The number of hydrogen-bond donors (Lipinski definition) is 2. The molecule has 230 valence electrons. The van der Waals surface area contributed by atoms with Crippen LogP contribution in [-0.2, 0) is 38.1 Å². The standard InChI is InChI=1S/C24H24F3N7O6S3/c1-12(2)43(39,40)34-8-5-14(17(11-34)21(35)36)15-9-13(42(37,38)32-23(28-3)6-7-23)10-16-18(31-33(4)19(15)16)20-29-30-22(41-20)24(25,26)27/h9-10,12,32H,5-8,11H2,1-2,4H3,(H,35,36). The minimum atomic E-state index is -4.78. The number of sulfonamides is 2.